The topological polar surface area (TPSA) is 43.4 Å². The number of carbonyl (C=O) groups excluding carboxylic acids is 2. The second kappa shape index (κ2) is 5.13. The Kier molecular flexibility index (Phi) is 4.11. The molecule has 1 fully saturated rings. The highest BCUT2D eigenvalue weighted by atomic mass is 16.5. The third-order valence-electron chi connectivity index (χ3n) is 2.99. The zero-order chi connectivity index (χ0) is 10.6. The molecule has 0 amide bonds. The summed E-state index contributed by atoms with van der Waals surface area (Å²) < 4.78 is 4.99. The molecular formula is C11H18O3. The Morgan fingerprint density at radius 3 is 2.71 bits per heavy atom. The highest BCUT2D eigenvalue weighted by Crippen LogP contribution is 2.33. The van der Waals surface area contributed by atoms with E-state index < -0.39 is 0 Å². The van der Waals surface area contributed by atoms with Crippen molar-refractivity contribution in [2.24, 2.45) is 17.8 Å². The summed E-state index contributed by atoms with van der Waals surface area (Å²) in [6, 6.07) is 0. The largest absolute Gasteiger partial charge is 0.466 e. The van der Waals surface area contributed by atoms with Gasteiger partial charge in [0.15, 0.2) is 0 Å². The number of ether oxygens (including phenoxy) is 1. The Morgan fingerprint density at radius 2 is 2.21 bits per heavy atom. The van der Waals surface area contributed by atoms with Crippen LogP contribution in [0.2, 0.25) is 0 Å². The van der Waals surface area contributed by atoms with E-state index in [0.29, 0.717) is 6.61 Å². The highest BCUT2D eigenvalue weighted by Gasteiger charge is 2.32. The van der Waals surface area contributed by atoms with Gasteiger partial charge in [-0.3, -0.25) is 4.79 Å². The third-order valence-corrected chi connectivity index (χ3v) is 2.99. The maximum Gasteiger partial charge on any atom is 0.309 e. The molecule has 14 heavy (non-hydrogen) atoms. The fourth-order valence-corrected chi connectivity index (χ4v) is 2.16. The number of hydrogen-bond donors (Lipinski definition) is 0. The van der Waals surface area contributed by atoms with E-state index in [1.807, 2.05) is 13.8 Å². The smallest absolute Gasteiger partial charge is 0.309 e. The molecule has 0 radical (unpaired) electrons. The van der Waals surface area contributed by atoms with Crippen LogP contribution in [-0.4, -0.2) is 18.9 Å². The van der Waals surface area contributed by atoms with Gasteiger partial charge in [0.25, 0.3) is 0 Å². The number of esters is 1. The van der Waals surface area contributed by atoms with E-state index in [1.54, 1.807) is 0 Å². The Bertz CT molecular complexity index is 213. The minimum absolute atomic E-state index is 0.00569. The molecule has 0 aromatic heterocycles. The van der Waals surface area contributed by atoms with E-state index in [4.69, 9.17) is 4.74 Å². The first-order valence-electron chi connectivity index (χ1n) is 5.31. The summed E-state index contributed by atoms with van der Waals surface area (Å²) in [5, 5.41) is 0. The van der Waals surface area contributed by atoms with Gasteiger partial charge in [-0.25, -0.2) is 0 Å². The van der Waals surface area contributed by atoms with E-state index in [9.17, 15) is 9.59 Å². The highest BCUT2D eigenvalue weighted by molar-refractivity contribution is 5.73. The molecule has 0 bridgehead atoms. The number of hydrogen-bond acceptors (Lipinski definition) is 3. The van der Waals surface area contributed by atoms with Gasteiger partial charge in [-0.05, 0) is 32.1 Å². The van der Waals surface area contributed by atoms with Crippen molar-refractivity contribution in [3.63, 3.8) is 0 Å². The third kappa shape index (κ3) is 2.56. The van der Waals surface area contributed by atoms with Crippen molar-refractivity contribution in [1.29, 1.82) is 0 Å². The molecule has 1 aliphatic rings. The van der Waals surface area contributed by atoms with Gasteiger partial charge < -0.3 is 9.53 Å². The van der Waals surface area contributed by atoms with E-state index in [-0.39, 0.29) is 23.7 Å². The zero-order valence-corrected chi connectivity index (χ0v) is 8.86. The number of aldehydes is 1. The zero-order valence-electron chi connectivity index (χ0n) is 8.86. The fraction of sp³-hybridized carbons (Fsp3) is 0.818. The van der Waals surface area contributed by atoms with E-state index >= 15 is 0 Å². The van der Waals surface area contributed by atoms with Gasteiger partial charge in [-0.2, -0.15) is 0 Å². The van der Waals surface area contributed by atoms with Crippen molar-refractivity contribution in [1.82, 2.24) is 0 Å². The quantitative estimate of drug-likeness (QED) is 0.513. The molecule has 3 nitrogen and oxygen atoms in total. The monoisotopic (exact) mass is 198 g/mol. The molecule has 0 N–H and O–H groups in total. The average Bonchev–Trinajstić information content (AvgIpc) is 2.17. The van der Waals surface area contributed by atoms with Gasteiger partial charge >= 0.3 is 5.97 Å². The summed E-state index contributed by atoms with van der Waals surface area (Å²) in [7, 11) is 0. The van der Waals surface area contributed by atoms with Crippen LogP contribution in [0, 0.1) is 17.8 Å². The van der Waals surface area contributed by atoms with E-state index in [1.165, 1.54) is 0 Å². The van der Waals surface area contributed by atoms with Gasteiger partial charge in [0.1, 0.15) is 6.29 Å². The molecule has 3 heteroatoms. The Morgan fingerprint density at radius 1 is 1.50 bits per heavy atom. The summed E-state index contributed by atoms with van der Waals surface area (Å²) in [5.41, 5.74) is 0. The molecule has 0 saturated heterocycles. The molecule has 1 rings (SSSR count). The maximum absolute atomic E-state index is 11.5. The predicted molar refractivity (Wildman–Crippen MR) is 52.7 cm³/mol. The first-order valence-corrected chi connectivity index (χ1v) is 5.31. The fourth-order valence-electron chi connectivity index (χ4n) is 2.16. The molecule has 3 unspecified atom stereocenters. The molecule has 0 heterocycles. The van der Waals surface area contributed by atoms with E-state index in [2.05, 4.69) is 0 Å². The van der Waals surface area contributed by atoms with Crippen LogP contribution in [0.5, 0.6) is 0 Å². The minimum Gasteiger partial charge on any atom is -0.466 e. The maximum atomic E-state index is 11.5. The molecule has 0 aliphatic heterocycles. The van der Waals surface area contributed by atoms with Gasteiger partial charge in [-0.15, -0.1) is 0 Å². The van der Waals surface area contributed by atoms with Crippen molar-refractivity contribution in [3.05, 3.63) is 0 Å². The molecular weight excluding hydrogens is 180 g/mol. The Labute approximate surface area is 84.8 Å². The lowest BCUT2D eigenvalue weighted by molar-refractivity contribution is -0.151. The summed E-state index contributed by atoms with van der Waals surface area (Å²) in [4.78, 5) is 22.1. The van der Waals surface area contributed by atoms with Crippen molar-refractivity contribution in [3.8, 4) is 0 Å². The summed E-state index contributed by atoms with van der Waals surface area (Å²) in [6.07, 6.45) is 3.46. The predicted octanol–water partition coefficient (Wildman–Crippen LogP) is 1.80. The number of rotatable bonds is 3. The molecule has 0 aromatic carbocycles. The van der Waals surface area contributed by atoms with Crippen LogP contribution >= 0.6 is 0 Å². The van der Waals surface area contributed by atoms with Crippen LogP contribution in [0.1, 0.15) is 33.1 Å². The van der Waals surface area contributed by atoms with Crippen LogP contribution in [0.3, 0.4) is 0 Å². The van der Waals surface area contributed by atoms with E-state index in [0.717, 1.165) is 25.5 Å². The van der Waals surface area contributed by atoms with Gasteiger partial charge in [0, 0.05) is 5.92 Å². The van der Waals surface area contributed by atoms with Gasteiger partial charge in [0.2, 0.25) is 0 Å². The lowest BCUT2D eigenvalue weighted by atomic mass is 9.75. The van der Waals surface area contributed by atoms with Crippen LogP contribution in [-0.2, 0) is 14.3 Å². The molecule has 1 saturated carbocycles. The summed E-state index contributed by atoms with van der Waals surface area (Å²) in [6.45, 7) is 4.29. The first-order chi connectivity index (χ1) is 6.69. The van der Waals surface area contributed by atoms with Crippen molar-refractivity contribution in [2.45, 2.75) is 33.1 Å². The van der Waals surface area contributed by atoms with Gasteiger partial charge in [-0.1, -0.05) is 6.92 Å². The second-order valence-electron chi connectivity index (χ2n) is 4.05. The molecule has 0 aromatic rings. The average molecular weight is 198 g/mol. The van der Waals surface area contributed by atoms with Crippen LogP contribution in [0.25, 0.3) is 0 Å². The Balaban J connectivity index is 2.48. The van der Waals surface area contributed by atoms with Crippen LogP contribution < -0.4 is 0 Å². The summed E-state index contributed by atoms with van der Waals surface area (Å²) >= 11 is 0. The molecule has 80 valence electrons. The lowest BCUT2D eigenvalue weighted by Gasteiger charge is -2.29. The molecule has 3 atom stereocenters. The normalized spacial score (nSPS) is 32.3. The summed E-state index contributed by atoms with van der Waals surface area (Å²) in [5.74, 6) is 0.337. The second-order valence-corrected chi connectivity index (χ2v) is 4.05. The SMILES string of the molecule is CCOC(=O)C1CCC(C=O)CC1C. The van der Waals surface area contributed by atoms with Gasteiger partial charge in [0.05, 0.1) is 12.5 Å². The van der Waals surface area contributed by atoms with Crippen LogP contribution in [0.15, 0.2) is 0 Å². The standard InChI is InChI=1S/C11H18O3/c1-3-14-11(13)10-5-4-9(7-12)6-8(10)2/h7-10H,3-6H2,1-2H3. The van der Waals surface area contributed by atoms with Crippen molar-refractivity contribution >= 4 is 12.3 Å². The van der Waals surface area contributed by atoms with Crippen LogP contribution in [0.4, 0.5) is 0 Å². The minimum atomic E-state index is -0.0932. The van der Waals surface area contributed by atoms with Crippen molar-refractivity contribution in [2.75, 3.05) is 6.61 Å². The first kappa shape index (κ1) is 11.2. The number of carbonyl (C=O) groups is 2. The Hall–Kier alpha value is -0.860. The lowest BCUT2D eigenvalue weighted by Crippen LogP contribution is -2.30. The molecule has 0 spiro atoms. The molecule has 1 aliphatic carbocycles. The van der Waals surface area contributed by atoms with Crippen molar-refractivity contribution < 1.29 is 14.3 Å².